The highest BCUT2D eigenvalue weighted by molar-refractivity contribution is 9.10. The van der Waals surface area contributed by atoms with Crippen molar-refractivity contribution < 1.29 is 9.90 Å². The summed E-state index contributed by atoms with van der Waals surface area (Å²) in [5.74, 6) is -0.849. The van der Waals surface area contributed by atoms with E-state index in [1.165, 1.54) is 19.3 Å². The number of aromatic carboxylic acids is 1. The SMILES string of the molecule is CCCCCCc1cccc(Br)c1C(=O)O. The predicted molar refractivity (Wildman–Crippen MR) is 68.9 cm³/mol. The smallest absolute Gasteiger partial charge is 0.337 e. The van der Waals surface area contributed by atoms with E-state index in [0.29, 0.717) is 10.0 Å². The van der Waals surface area contributed by atoms with Gasteiger partial charge < -0.3 is 5.11 Å². The molecular formula is C13H17BrO2. The van der Waals surface area contributed by atoms with Gasteiger partial charge in [-0.15, -0.1) is 0 Å². The van der Waals surface area contributed by atoms with Gasteiger partial charge in [0.15, 0.2) is 0 Å². The largest absolute Gasteiger partial charge is 0.478 e. The zero-order valence-electron chi connectivity index (χ0n) is 9.50. The van der Waals surface area contributed by atoms with Crippen LogP contribution in [-0.4, -0.2) is 11.1 Å². The quantitative estimate of drug-likeness (QED) is 0.792. The van der Waals surface area contributed by atoms with E-state index in [-0.39, 0.29) is 0 Å². The van der Waals surface area contributed by atoms with Crippen LogP contribution in [0.4, 0.5) is 0 Å². The van der Waals surface area contributed by atoms with Gasteiger partial charge >= 0.3 is 5.97 Å². The van der Waals surface area contributed by atoms with E-state index in [4.69, 9.17) is 5.11 Å². The summed E-state index contributed by atoms with van der Waals surface area (Å²) in [6.07, 6.45) is 5.49. The molecule has 0 heterocycles. The molecule has 0 amide bonds. The van der Waals surface area contributed by atoms with Gasteiger partial charge in [0.1, 0.15) is 0 Å². The van der Waals surface area contributed by atoms with Crippen molar-refractivity contribution in [3.05, 3.63) is 33.8 Å². The van der Waals surface area contributed by atoms with Crippen molar-refractivity contribution in [3.8, 4) is 0 Å². The molecular weight excluding hydrogens is 268 g/mol. The zero-order valence-corrected chi connectivity index (χ0v) is 11.1. The van der Waals surface area contributed by atoms with Gasteiger partial charge in [-0.2, -0.15) is 0 Å². The van der Waals surface area contributed by atoms with Gasteiger partial charge in [0.2, 0.25) is 0 Å². The van der Waals surface area contributed by atoms with Crippen LogP contribution < -0.4 is 0 Å². The number of carboxylic acids is 1. The van der Waals surface area contributed by atoms with Crippen molar-refractivity contribution in [2.75, 3.05) is 0 Å². The van der Waals surface area contributed by atoms with Crippen LogP contribution >= 0.6 is 15.9 Å². The van der Waals surface area contributed by atoms with Crippen LogP contribution in [0.25, 0.3) is 0 Å². The van der Waals surface area contributed by atoms with E-state index in [1.54, 1.807) is 6.07 Å². The molecule has 16 heavy (non-hydrogen) atoms. The van der Waals surface area contributed by atoms with Crippen LogP contribution in [0.15, 0.2) is 22.7 Å². The molecule has 0 saturated heterocycles. The molecule has 1 aromatic carbocycles. The highest BCUT2D eigenvalue weighted by atomic mass is 79.9. The number of hydrogen-bond donors (Lipinski definition) is 1. The van der Waals surface area contributed by atoms with Crippen molar-refractivity contribution in [3.63, 3.8) is 0 Å². The number of carboxylic acid groups (broad SMARTS) is 1. The Balaban J connectivity index is 2.71. The summed E-state index contributed by atoms with van der Waals surface area (Å²) in [7, 11) is 0. The number of unbranched alkanes of at least 4 members (excludes halogenated alkanes) is 3. The minimum Gasteiger partial charge on any atom is -0.478 e. The van der Waals surface area contributed by atoms with Crippen molar-refractivity contribution in [2.45, 2.75) is 39.0 Å². The Labute approximate surface area is 105 Å². The standard InChI is InChI=1S/C13H17BrO2/c1-2-3-4-5-7-10-8-6-9-11(14)12(10)13(15)16/h6,8-9H,2-5,7H2,1H3,(H,15,16). The number of hydrogen-bond acceptors (Lipinski definition) is 1. The third-order valence-electron chi connectivity index (χ3n) is 2.61. The van der Waals surface area contributed by atoms with Gasteiger partial charge in [-0.25, -0.2) is 4.79 Å². The molecule has 1 rings (SSSR count). The lowest BCUT2D eigenvalue weighted by Crippen LogP contribution is -2.03. The first-order chi connectivity index (χ1) is 7.66. The molecule has 1 aromatic rings. The number of carbonyl (C=O) groups is 1. The lowest BCUT2D eigenvalue weighted by molar-refractivity contribution is 0.0694. The number of aryl methyl sites for hydroxylation is 1. The molecule has 0 aliphatic rings. The van der Waals surface area contributed by atoms with Crippen LogP contribution in [0.1, 0.15) is 48.5 Å². The van der Waals surface area contributed by atoms with Crippen molar-refractivity contribution in [1.29, 1.82) is 0 Å². The van der Waals surface area contributed by atoms with Crippen LogP contribution in [0.3, 0.4) is 0 Å². The topological polar surface area (TPSA) is 37.3 Å². The number of benzene rings is 1. The molecule has 0 bridgehead atoms. The number of halogens is 1. The summed E-state index contributed by atoms with van der Waals surface area (Å²) in [6, 6.07) is 5.57. The monoisotopic (exact) mass is 284 g/mol. The van der Waals surface area contributed by atoms with Crippen LogP contribution in [0, 0.1) is 0 Å². The van der Waals surface area contributed by atoms with Gasteiger partial charge in [-0.05, 0) is 40.4 Å². The lowest BCUT2D eigenvalue weighted by atomic mass is 10.0. The van der Waals surface area contributed by atoms with Crippen molar-refractivity contribution >= 4 is 21.9 Å². The fourth-order valence-corrected chi connectivity index (χ4v) is 2.34. The van der Waals surface area contributed by atoms with Gasteiger partial charge in [0, 0.05) is 4.47 Å². The van der Waals surface area contributed by atoms with E-state index in [1.807, 2.05) is 12.1 Å². The Morgan fingerprint density at radius 2 is 2.06 bits per heavy atom. The number of rotatable bonds is 6. The summed E-state index contributed by atoms with van der Waals surface area (Å²) in [5.41, 5.74) is 1.34. The molecule has 0 aliphatic carbocycles. The van der Waals surface area contributed by atoms with Gasteiger partial charge in [-0.1, -0.05) is 38.3 Å². The van der Waals surface area contributed by atoms with Crippen molar-refractivity contribution in [1.82, 2.24) is 0 Å². The average molecular weight is 285 g/mol. The average Bonchev–Trinajstić information content (AvgIpc) is 2.24. The van der Waals surface area contributed by atoms with Gasteiger partial charge in [-0.3, -0.25) is 0 Å². The fraction of sp³-hybridized carbons (Fsp3) is 0.462. The van der Waals surface area contributed by atoms with Crippen molar-refractivity contribution in [2.24, 2.45) is 0 Å². The van der Waals surface area contributed by atoms with Gasteiger partial charge in [0.05, 0.1) is 5.56 Å². The Morgan fingerprint density at radius 1 is 1.31 bits per heavy atom. The summed E-state index contributed by atoms with van der Waals surface area (Å²) in [4.78, 5) is 11.1. The Morgan fingerprint density at radius 3 is 2.69 bits per heavy atom. The maximum atomic E-state index is 11.1. The molecule has 0 fully saturated rings. The molecule has 0 aliphatic heterocycles. The molecule has 0 radical (unpaired) electrons. The maximum absolute atomic E-state index is 11.1. The highest BCUT2D eigenvalue weighted by Gasteiger charge is 2.12. The molecule has 0 atom stereocenters. The maximum Gasteiger partial charge on any atom is 0.337 e. The molecule has 1 N–H and O–H groups in total. The molecule has 0 aromatic heterocycles. The minimum absolute atomic E-state index is 0.416. The lowest BCUT2D eigenvalue weighted by Gasteiger charge is -2.07. The molecule has 88 valence electrons. The van der Waals surface area contributed by atoms with E-state index >= 15 is 0 Å². The minimum atomic E-state index is -0.849. The van der Waals surface area contributed by atoms with Crippen LogP contribution in [0.2, 0.25) is 0 Å². The second-order valence-corrected chi connectivity index (χ2v) is 4.74. The van der Waals surface area contributed by atoms with Crippen LogP contribution in [0.5, 0.6) is 0 Å². The Kier molecular flexibility index (Phi) is 5.53. The normalized spacial score (nSPS) is 10.4. The molecule has 3 heteroatoms. The Bertz CT molecular complexity index is 361. The summed E-state index contributed by atoms with van der Waals surface area (Å²) >= 11 is 3.29. The third-order valence-corrected chi connectivity index (χ3v) is 3.27. The molecule has 0 saturated carbocycles. The second-order valence-electron chi connectivity index (χ2n) is 3.89. The first kappa shape index (κ1) is 13.2. The fourth-order valence-electron chi connectivity index (χ4n) is 1.76. The van der Waals surface area contributed by atoms with E-state index in [9.17, 15) is 4.79 Å². The molecule has 0 unspecified atom stereocenters. The van der Waals surface area contributed by atoms with E-state index in [2.05, 4.69) is 22.9 Å². The van der Waals surface area contributed by atoms with E-state index < -0.39 is 5.97 Å². The summed E-state index contributed by atoms with van der Waals surface area (Å²) in [6.45, 7) is 2.17. The zero-order chi connectivity index (χ0) is 12.0. The van der Waals surface area contributed by atoms with E-state index in [0.717, 1.165) is 18.4 Å². The highest BCUT2D eigenvalue weighted by Crippen LogP contribution is 2.22. The van der Waals surface area contributed by atoms with Crippen LogP contribution in [-0.2, 0) is 6.42 Å². The summed E-state index contributed by atoms with van der Waals surface area (Å²) < 4.78 is 0.674. The molecule has 0 spiro atoms. The Hall–Kier alpha value is -0.830. The third kappa shape index (κ3) is 3.63. The first-order valence-corrected chi connectivity index (χ1v) is 6.46. The second kappa shape index (κ2) is 6.69. The molecule has 2 nitrogen and oxygen atoms in total. The summed E-state index contributed by atoms with van der Waals surface area (Å²) in [5, 5.41) is 9.12. The first-order valence-electron chi connectivity index (χ1n) is 5.67. The van der Waals surface area contributed by atoms with Gasteiger partial charge in [0.25, 0.3) is 0 Å². The predicted octanol–water partition coefficient (Wildman–Crippen LogP) is 4.27.